The molecular formula is C15H13BrN2O2S. The lowest BCUT2D eigenvalue weighted by Gasteiger charge is -2.15. The number of rotatable bonds is 3. The first kappa shape index (κ1) is 14.2. The first-order chi connectivity index (χ1) is 10.1. The zero-order chi connectivity index (χ0) is 15.0. The third-order valence-corrected chi connectivity index (χ3v) is 5.06. The van der Waals surface area contributed by atoms with Crippen molar-refractivity contribution in [2.75, 3.05) is 12.8 Å². The fraction of sp³-hybridized carbons (Fsp3) is 0.133. The Hall–Kier alpha value is -1.79. The highest BCUT2D eigenvalue weighted by Crippen LogP contribution is 2.38. The number of benzene rings is 1. The molecule has 1 aromatic carbocycles. The fourth-order valence-corrected chi connectivity index (χ4v) is 4.04. The van der Waals surface area contributed by atoms with Crippen LogP contribution in [0.1, 0.15) is 15.2 Å². The number of carbonyl (C=O) groups excluding carboxylic acids is 1. The first-order valence-electron chi connectivity index (χ1n) is 6.31. The summed E-state index contributed by atoms with van der Waals surface area (Å²) in [4.78, 5) is 14.8. The molecule has 0 bridgehead atoms. The maximum Gasteiger partial charge on any atom is 0.266 e. The van der Waals surface area contributed by atoms with Crippen molar-refractivity contribution < 1.29 is 9.21 Å². The molecule has 0 unspecified atom stereocenters. The van der Waals surface area contributed by atoms with Crippen molar-refractivity contribution in [2.45, 2.75) is 6.54 Å². The van der Waals surface area contributed by atoms with Crippen LogP contribution in [-0.4, -0.2) is 17.9 Å². The summed E-state index contributed by atoms with van der Waals surface area (Å²) in [5, 5.41) is 0.905. The van der Waals surface area contributed by atoms with Gasteiger partial charge in [0.15, 0.2) is 0 Å². The third kappa shape index (κ3) is 2.56. The van der Waals surface area contributed by atoms with Crippen molar-refractivity contribution in [3.8, 4) is 0 Å². The van der Waals surface area contributed by atoms with Gasteiger partial charge in [-0.1, -0.05) is 22.0 Å². The van der Waals surface area contributed by atoms with E-state index < -0.39 is 0 Å². The summed E-state index contributed by atoms with van der Waals surface area (Å²) in [6.07, 6.45) is 3.23. The minimum atomic E-state index is -0.0817. The van der Waals surface area contributed by atoms with Crippen LogP contribution in [0.25, 0.3) is 10.1 Å². The van der Waals surface area contributed by atoms with Crippen LogP contribution in [0.5, 0.6) is 0 Å². The zero-order valence-electron chi connectivity index (χ0n) is 11.3. The van der Waals surface area contributed by atoms with Crippen molar-refractivity contribution in [3.05, 3.63) is 51.7 Å². The molecule has 1 amide bonds. The Labute approximate surface area is 134 Å². The van der Waals surface area contributed by atoms with E-state index in [1.165, 1.54) is 11.3 Å². The first-order valence-corrected chi connectivity index (χ1v) is 7.92. The van der Waals surface area contributed by atoms with Gasteiger partial charge in [-0.05, 0) is 18.2 Å². The number of nitrogens with zero attached hydrogens (tertiary/aromatic N) is 1. The van der Waals surface area contributed by atoms with Gasteiger partial charge in [-0.15, -0.1) is 11.3 Å². The van der Waals surface area contributed by atoms with Crippen molar-refractivity contribution in [2.24, 2.45) is 0 Å². The molecule has 3 rings (SSSR count). The lowest BCUT2D eigenvalue weighted by Crippen LogP contribution is -2.25. The average molecular weight is 365 g/mol. The number of hydrogen-bond donors (Lipinski definition) is 1. The smallest absolute Gasteiger partial charge is 0.266 e. The van der Waals surface area contributed by atoms with E-state index in [0.717, 1.165) is 20.1 Å². The molecule has 0 fully saturated rings. The van der Waals surface area contributed by atoms with Gasteiger partial charge in [0.25, 0.3) is 5.91 Å². The minimum Gasteiger partial charge on any atom is -0.472 e. The number of nitrogens with two attached hydrogens (primary N) is 1. The monoisotopic (exact) mass is 364 g/mol. The van der Waals surface area contributed by atoms with Crippen LogP contribution >= 0.6 is 27.3 Å². The molecule has 21 heavy (non-hydrogen) atoms. The number of hydrogen-bond acceptors (Lipinski definition) is 4. The number of thiophene rings is 1. The number of anilines is 1. The molecule has 6 heteroatoms. The van der Waals surface area contributed by atoms with Crippen molar-refractivity contribution in [1.82, 2.24) is 4.90 Å². The van der Waals surface area contributed by atoms with Gasteiger partial charge in [-0.25, -0.2) is 0 Å². The summed E-state index contributed by atoms with van der Waals surface area (Å²) in [5.74, 6) is -0.0817. The van der Waals surface area contributed by atoms with Crippen molar-refractivity contribution in [3.63, 3.8) is 0 Å². The maximum absolute atomic E-state index is 12.6. The molecule has 0 spiro atoms. The molecule has 0 saturated heterocycles. The van der Waals surface area contributed by atoms with Gasteiger partial charge in [-0.3, -0.25) is 4.79 Å². The Morgan fingerprint density at radius 3 is 2.90 bits per heavy atom. The van der Waals surface area contributed by atoms with Gasteiger partial charge < -0.3 is 15.1 Å². The van der Waals surface area contributed by atoms with Crippen LogP contribution in [0, 0.1) is 0 Å². The van der Waals surface area contributed by atoms with Crippen LogP contribution in [0.15, 0.2) is 45.7 Å². The highest BCUT2D eigenvalue weighted by atomic mass is 79.9. The van der Waals surface area contributed by atoms with E-state index in [0.29, 0.717) is 17.1 Å². The van der Waals surface area contributed by atoms with E-state index >= 15 is 0 Å². The number of nitrogen functional groups attached to an aromatic ring is 1. The summed E-state index contributed by atoms with van der Waals surface area (Å²) < 4.78 is 6.93. The van der Waals surface area contributed by atoms with Gasteiger partial charge in [0.2, 0.25) is 0 Å². The number of furan rings is 1. The van der Waals surface area contributed by atoms with E-state index in [9.17, 15) is 4.79 Å². The Bertz CT molecular complexity index is 795. The largest absolute Gasteiger partial charge is 0.472 e. The predicted molar refractivity (Wildman–Crippen MR) is 88.4 cm³/mol. The van der Waals surface area contributed by atoms with Crippen LogP contribution in [0.3, 0.4) is 0 Å². The molecule has 2 N–H and O–H groups in total. The fourth-order valence-electron chi connectivity index (χ4n) is 2.19. The number of halogens is 1. The molecule has 3 aromatic rings. The van der Waals surface area contributed by atoms with Crippen LogP contribution < -0.4 is 5.73 Å². The molecule has 0 aliphatic heterocycles. The molecule has 2 aromatic heterocycles. The standard InChI is InChI=1S/C15H13BrN2O2S/c1-18(7-9-5-6-20-8-9)15(19)14-13(17)12-10(16)3-2-4-11(12)21-14/h2-6,8H,7,17H2,1H3. The summed E-state index contributed by atoms with van der Waals surface area (Å²) in [5.41, 5.74) is 7.65. The van der Waals surface area contributed by atoms with E-state index in [1.54, 1.807) is 24.5 Å². The molecule has 0 saturated carbocycles. The van der Waals surface area contributed by atoms with Crippen LogP contribution in [-0.2, 0) is 6.54 Å². The molecular weight excluding hydrogens is 352 g/mol. The molecule has 2 heterocycles. The SMILES string of the molecule is CN(Cc1ccoc1)C(=O)c1sc2cccc(Br)c2c1N. The Morgan fingerprint density at radius 2 is 2.24 bits per heavy atom. The Balaban J connectivity index is 1.94. The number of amides is 1. The van der Waals surface area contributed by atoms with Crippen LogP contribution in [0.4, 0.5) is 5.69 Å². The summed E-state index contributed by atoms with van der Waals surface area (Å²) in [6.45, 7) is 0.490. The Morgan fingerprint density at radius 1 is 1.43 bits per heavy atom. The Kier molecular flexibility index (Phi) is 3.73. The van der Waals surface area contributed by atoms with Crippen molar-refractivity contribution >= 4 is 48.9 Å². The number of fused-ring (bicyclic) bond motifs is 1. The molecule has 108 valence electrons. The van der Waals surface area contributed by atoms with Gasteiger partial charge in [0, 0.05) is 33.7 Å². The van der Waals surface area contributed by atoms with Crippen molar-refractivity contribution in [1.29, 1.82) is 0 Å². The minimum absolute atomic E-state index is 0.0817. The van der Waals surface area contributed by atoms with E-state index in [2.05, 4.69) is 15.9 Å². The molecule has 0 aliphatic rings. The molecule has 0 radical (unpaired) electrons. The van der Waals surface area contributed by atoms with Gasteiger partial charge in [0.05, 0.1) is 18.2 Å². The number of carbonyl (C=O) groups is 1. The predicted octanol–water partition coefficient (Wildman–Crippen LogP) is 4.11. The van der Waals surface area contributed by atoms with Gasteiger partial charge in [0.1, 0.15) is 4.88 Å². The second kappa shape index (κ2) is 5.54. The molecule has 0 aliphatic carbocycles. The zero-order valence-corrected chi connectivity index (χ0v) is 13.7. The highest BCUT2D eigenvalue weighted by molar-refractivity contribution is 9.10. The topological polar surface area (TPSA) is 59.5 Å². The second-order valence-electron chi connectivity index (χ2n) is 4.75. The average Bonchev–Trinajstić information content (AvgIpc) is 3.07. The normalized spacial score (nSPS) is 11.0. The summed E-state index contributed by atoms with van der Waals surface area (Å²) in [6, 6.07) is 7.67. The summed E-state index contributed by atoms with van der Waals surface area (Å²) >= 11 is 4.90. The summed E-state index contributed by atoms with van der Waals surface area (Å²) in [7, 11) is 1.76. The quantitative estimate of drug-likeness (QED) is 0.760. The van der Waals surface area contributed by atoms with E-state index in [-0.39, 0.29) is 5.91 Å². The maximum atomic E-state index is 12.6. The van der Waals surface area contributed by atoms with Crippen LogP contribution in [0.2, 0.25) is 0 Å². The second-order valence-corrected chi connectivity index (χ2v) is 6.66. The van der Waals surface area contributed by atoms with Gasteiger partial charge in [-0.2, -0.15) is 0 Å². The van der Waals surface area contributed by atoms with Gasteiger partial charge >= 0.3 is 0 Å². The van der Waals surface area contributed by atoms with E-state index in [1.807, 2.05) is 24.3 Å². The molecule has 4 nitrogen and oxygen atoms in total. The highest BCUT2D eigenvalue weighted by Gasteiger charge is 2.21. The third-order valence-electron chi connectivity index (χ3n) is 3.24. The lowest BCUT2D eigenvalue weighted by molar-refractivity contribution is 0.0790. The lowest BCUT2D eigenvalue weighted by atomic mass is 10.2. The van der Waals surface area contributed by atoms with E-state index in [4.69, 9.17) is 10.2 Å². The molecule has 0 atom stereocenters.